The zero-order chi connectivity index (χ0) is 27.6. The van der Waals surface area contributed by atoms with Crippen molar-refractivity contribution in [1.82, 2.24) is 30.3 Å². The van der Waals surface area contributed by atoms with E-state index in [1.807, 2.05) is 48.9 Å². The van der Waals surface area contributed by atoms with Crippen LogP contribution in [0.2, 0.25) is 0 Å². The number of pyridine rings is 1. The van der Waals surface area contributed by atoms with E-state index in [-0.39, 0.29) is 17.2 Å². The summed E-state index contributed by atoms with van der Waals surface area (Å²) >= 11 is 0. The second kappa shape index (κ2) is 10.0. The predicted molar refractivity (Wildman–Crippen MR) is 135 cm³/mol. The van der Waals surface area contributed by atoms with E-state index in [2.05, 4.69) is 30.9 Å². The molecule has 1 aliphatic heterocycles. The lowest BCUT2D eigenvalue weighted by molar-refractivity contribution is 0.0958. The number of amides is 1. The summed E-state index contributed by atoms with van der Waals surface area (Å²) < 4.78 is 35.8. The summed E-state index contributed by atoms with van der Waals surface area (Å²) in [7, 11) is 3.36. The van der Waals surface area contributed by atoms with Crippen LogP contribution in [-0.4, -0.2) is 51.6 Å². The van der Waals surface area contributed by atoms with Crippen molar-refractivity contribution >= 4 is 28.9 Å². The molecule has 1 aromatic carbocycles. The Morgan fingerprint density at radius 3 is 2.89 bits per heavy atom. The Kier molecular flexibility index (Phi) is 5.49. The third-order valence-corrected chi connectivity index (χ3v) is 5.58. The molecule has 3 N–H and O–H groups in total. The maximum atomic E-state index is 12.9. The maximum absolute atomic E-state index is 12.9. The van der Waals surface area contributed by atoms with Crippen molar-refractivity contribution in [2.24, 2.45) is 7.05 Å². The number of carbonyl (C=O) groups excluding carboxylic acids is 1. The molecular formula is C25H26N8O3. The van der Waals surface area contributed by atoms with Crippen molar-refractivity contribution in [2.75, 3.05) is 31.3 Å². The second-order valence-electron chi connectivity index (χ2n) is 8.11. The number of fused-ring (bicyclic) bond motifs is 6. The minimum absolute atomic E-state index is 0.207. The van der Waals surface area contributed by atoms with Gasteiger partial charge in [0, 0.05) is 36.0 Å². The molecule has 0 fully saturated rings. The lowest BCUT2D eigenvalue weighted by atomic mass is 10.0. The minimum atomic E-state index is -2.71. The molecule has 6 bridgehead atoms. The first-order valence-electron chi connectivity index (χ1n) is 12.7. The van der Waals surface area contributed by atoms with E-state index in [1.54, 1.807) is 16.8 Å². The van der Waals surface area contributed by atoms with E-state index >= 15 is 0 Å². The van der Waals surface area contributed by atoms with Crippen LogP contribution in [0.5, 0.6) is 5.75 Å². The highest BCUT2D eigenvalue weighted by atomic mass is 16.5. The molecule has 0 unspecified atom stereocenters. The van der Waals surface area contributed by atoms with E-state index in [9.17, 15) is 4.79 Å². The lowest BCUT2D eigenvalue weighted by Crippen LogP contribution is -2.21. The number of ether oxygens (including phenoxy) is 2. The first-order valence-corrected chi connectivity index (χ1v) is 11.2. The highest BCUT2D eigenvalue weighted by Crippen LogP contribution is 2.39. The molecular weight excluding hydrogens is 460 g/mol. The Morgan fingerprint density at radius 1 is 1.17 bits per heavy atom. The van der Waals surface area contributed by atoms with Gasteiger partial charge in [0.05, 0.1) is 43.1 Å². The van der Waals surface area contributed by atoms with Crippen LogP contribution in [0.15, 0.2) is 48.7 Å². The third-order valence-electron chi connectivity index (χ3n) is 5.58. The molecule has 0 radical (unpaired) electrons. The number of aromatic nitrogens is 5. The van der Waals surface area contributed by atoms with Crippen LogP contribution in [-0.2, 0) is 24.8 Å². The van der Waals surface area contributed by atoms with Gasteiger partial charge in [0.25, 0.3) is 5.91 Å². The third kappa shape index (κ3) is 4.82. The summed E-state index contributed by atoms with van der Waals surface area (Å²) in [5.74, 6) is 0.345. The Morgan fingerprint density at radius 2 is 2.08 bits per heavy atom. The number of nitrogens with one attached hydrogen (secondary N) is 3. The van der Waals surface area contributed by atoms with Crippen molar-refractivity contribution in [3.05, 3.63) is 65.6 Å². The van der Waals surface area contributed by atoms with Gasteiger partial charge in [0.15, 0.2) is 17.3 Å². The topological polar surface area (TPSA) is 128 Å². The van der Waals surface area contributed by atoms with Crippen molar-refractivity contribution in [3.63, 3.8) is 0 Å². The summed E-state index contributed by atoms with van der Waals surface area (Å²) in [6.07, 6.45) is 2.40. The number of hydrogen-bond donors (Lipinski definition) is 3. The normalized spacial score (nSPS) is 14.6. The van der Waals surface area contributed by atoms with Gasteiger partial charge in [-0.05, 0) is 42.3 Å². The molecule has 184 valence electrons. The van der Waals surface area contributed by atoms with Crippen LogP contribution in [0.25, 0.3) is 11.3 Å². The van der Waals surface area contributed by atoms with E-state index < -0.39 is 12.9 Å². The molecule has 36 heavy (non-hydrogen) atoms. The zero-order valence-electron chi connectivity index (χ0n) is 22.7. The maximum Gasteiger partial charge on any atom is 0.273 e. The van der Waals surface area contributed by atoms with Gasteiger partial charge in [-0.3, -0.25) is 9.48 Å². The Hall–Kier alpha value is -4.51. The number of carbonyl (C=O) groups is 1. The first-order chi connectivity index (χ1) is 18.7. The first kappa shape index (κ1) is 19.8. The van der Waals surface area contributed by atoms with Gasteiger partial charge in [0.2, 0.25) is 0 Å². The number of hydrogen-bond acceptors (Lipinski definition) is 9. The molecule has 5 rings (SSSR count). The molecule has 4 heterocycles. The van der Waals surface area contributed by atoms with Crippen molar-refractivity contribution < 1.29 is 18.4 Å². The van der Waals surface area contributed by atoms with Crippen molar-refractivity contribution in [2.45, 2.75) is 13.0 Å². The number of anilines is 4. The molecule has 3 aromatic heterocycles. The van der Waals surface area contributed by atoms with Gasteiger partial charge in [-0.25, -0.2) is 4.98 Å². The van der Waals surface area contributed by atoms with Crippen LogP contribution in [0.3, 0.4) is 0 Å². The predicted octanol–water partition coefficient (Wildman–Crippen LogP) is 3.20. The standard InChI is InChI=1S/C25H26N8O3/c1-26-25(34)23-19-13-22(30-31-23)29-21-6-4-5-16(27-21)14-36-10-8-15-11-17(18-7-9-33(2)32-18)24(35-3)20(12-15)28-19/h4-7,9,11-13,28H,8,10,14H2,1-3H3,(H,26,34)(H,27,29,30)/i1D3. The SMILES string of the molecule is [2H]C([2H])([2H])NC(=O)c1nnc2cc1Nc1cc(cc(-c3ccn(C)n3)c1OC)CCOCc1cccc(n1)N2. The Labute approximate surface area is 212 Å². The molecule has 11 heteroatoms. The molecule has 1 amide bonds. The summed E-state index contributed by atoms with van der Waals surface area (Å²) in [6.45, 7) is -1.97. The van der Waals surface area contributed by atoms with Gasteiger partial charge < -0.3 is 25.4 Å². The molecule has 0 saturated carbocycles. The van der Waals surface area contributed by atoms with E-state index in [1.165, 1.54) is 7.11 Å². The van der Waals surface area contributed by atoms with Crippen LogP contribution in [0.4, 0.5) is 23.0 Å². The summed E-state index contributed by atoms with van der Waals surface area (Å²) in [5.41, 5.74) is 3.57. The van der Waals surface area contributed by atoms with Gasteiger partial charge >= 0.3 is 0 Å². The Bertz CT molecular complexity index is 1520. The zero-order valence-corrected chi connectivity index (χ0v) is 19.7. The fourth-order valence-electron chi connectivity index (χ4n) is 3.94. The van der Waals surface area contributed by atoms with Crippen molar-refractivity contribution in [1.29, 1.82) is 0 Å². The van der Waals surface area contributed by atoms with Gasteiger partial charge in [-0.1, -0.05) is 6.07 Å². The summed E-state index contributed by atoms with van der Waals surface area (Å²) in [5, 5.41) is 20.9. The minimum Gasteiger partial charge on any atom is -0.494 e. The number of methoxy groups -OCH3 is 1. The highest BCUT2D eigenvalue weighted by molar-refractivity contribution is 5.99. The lowest BCUT2D eigenvalue weighted by Gasteiger charge is -2.18. The summed E-state index contributed by atoms with van der Waals surface area (Å²) in [4.78, 5) is 17.4. The number of aryl methyl sites for hydroxylation is 1. The monoisotopic (exact) mass is 489 g/mol. The summed E-state index contributed by atoms with van der Waals surface area (Å²) in [6, 6.07) is 12.7. The van der Waals surface area contributed by atoms with Crippen LogP contribution >= 0.6 is 0 Å². The average molecular weight is 490 g/mol. The van der Waals surface area contributed by atoms with Gasteiger partial charge in [-0.15, -0.1) is 10.2 Å². The fourth-order valence-corrected chi connectivity index (χ4v) is 3.94. The molecule has 4 aromatic rings. The number of rotatable bonds is 3. The van der Waals surface area contributed by atoms with Gasteiger partial charge in [-0.2, -0.15) is 5.10 Å². The highest BCUT2D eigenvalue weighted by Gasteiger charge is 2.20. The van der Waals surface area contributed by atoms with Gasteiger partial charge in [0.1, 0.15) is 5.82 Å². The van der Waals surface area contributed by atoms with E-state index in [0.29, 0.717) is 42.6 Å². The fraction of sp³-hybridized carbons (Fsp3) is 0.240. The quantitative estimate of drug-likeness (QED) is 0.397. The number of nitrogens with zero attached hydrogens (tertiary/aromatic N) is 5. The van der Waals surface area contributed by atoms with E-state index in [0.717, 1.165) is 16.8 Å². The molecule has 11 nitrogen and oxygen atoms in total. The van der Waals surface area contributed by atoms with E-state index in [4.69, 9.17) is 13.6 Å². The second-order valence-corrected chi connectivity index (χ2v) is 8.11. The largest absolute Gasteiger partial charge is 0.494 e. The van der Waals surface area contributed by atoms with Crippen molar-refractivity contribution in [3.8, 4) is 17.0 Å². The average Bonchev–Trinajstić information content (AvgIpc) is 3.31. The molecule has 0 saturated heterocycles. The van der Waals surface area contributed by atoms with Crippen LogP contribution in [0.1, 0.15) is 25.9 Å². The van der Waals surface area contributed by atoms with Crippen LogP contribution < -0.4 is 20.7 Å². The number of benzene rings is 1. The molecule has 1 aliphatic rings. The smallest absolute Gasteiger partial charge is 0.273 e. The molecule has 0 atom stereocenters. The molecule has 0 aliphatic carbocycles. The Balaban J connectivity index is 1.66. The van der Waals surface area contributed by atoms with Crippen LogP contribution in [0, 0.1) is 0 Å². The molecule has 0 spiro atoms.